The topological polar surface area (TPSA) is 54.4 Å². The summed E-state index contributed by atoms with van der Waals surface area (Å²) in [5, 5.41) is 13.4. The summed E-state index contributed by atoms with van der Waals surface area (Å²) in [6.45, 7) is 3.05. The number of aromatic nitrogens is 1. The first-order chi connectivity index (χ1) is 7.21. The van der Waals surface area contributed by atoms with Crippen LogP contribution < -0.4 is 5.32 Å². The van der Waals surface area contributed by atoms with Crippen LogP contribution in [0, 0.1) is 0 Å². The third-order valence-electron chi connectivity index (χ3n) is 2.94. The van der Waals surface area contributed by atoms with E-state index < -0.39 is 5.60 Å². The first-order valence-corrected chi connectivity index (χ1v) is 5.19. The monoisotopic (exact) mass is 208 g/mol. The predicted molar refractivity (Wildman–Crippen MR) is 57.7 cm³/mol. The summed E-state index contributed by atoms with van der Waals surface area (Å²) in [4.78, 5) is 3.93. The Morgan fingerprint density at radius 3 is 2.93 bits per heavy atom. The molecule has 2 unspecified atom stereocenters. The fraction of sp³-hybridized carbons (Fsp3) is 0.545. The summed E-state index contributed by atoms with van der Waals surface area (Å²) in [7, 11) is 0. The second kappa shape index (κ2) is 4.16. The third-order valence-corrected chi connectivity index (χ3v) is 2.94. The molecule has 15 heavy (non-hydrogen) atoms. The molecule has 0 amide bonds. The van der Waals surface area contributed by atoms with E-state index in [-0.39, 0.29) is 6.10 Å². The van der Waals surface area contributed by atoms with Crippen LogP contribution in [-0.2, 0) is 4.74 Å². The first kappa shape index (κ1) is 10.4. The molecule has 2 N–H and O–H groups in total. The molecule has 1 aliphatic heterocycles. The quantitative estimate of drug-likeness (QED) is 0.779. The van der Waals surface area contributed by atoms with E-state index in [2.05, 4.69) is 10.3 Å². The SMILES string of the molecule is CC1OCCC1(O)CNc1ccncc1. The molecule has 1 aromatic rings. The van der Waals surface area contributed by atoms with Crippen molar-refractivity contribution >= 4 is 5.69 Å². The minimum Gasteiger partial charge on any atom is -0.385 e. The lowest BCUT2D eigenvalue weighted by molar-refractivity contribution is -0.0175. The van der Waals surface area contributed by atoms with Crippen molar-refractivity contribution in [1.82, 2.24) is 4.98 Å². The van der Waals surface area contributed by atoms with Crippen molar-refractivity contribution in [3.63, 3.8) is 0 Å². The van der Waals surface area contributed by atoms with Crippen molar-refractivity contribution in [2.24, 2.45) is 0 Å². The van der Waals surface area contributed by atoms with Gasteiger partial charge in [0.25, 0.3) is 0 Å². The van der Waals surface area contributed by atoms with Gasteiger partial charge in [-0.1, -0.05) is 0 Å². The zero-order valence-corrected chi connectivity index (χ0v) is 8.81. The van der Waals surface area contributed by atoms with Crippen LogP contribution in [0.4, 0.5) is 5.69 Å². The molecule has 1 fully saturated rings. The number of nitrogens with one attached hydrogen (secondary N) is 1. The van der Waals surface area contributed by atoms with Gasteiger partial charge in [-0.25, -0.2) is 0 Å². The largest absolute Gasteiger partial charge is 0.385 e. The van der Waals surface area contributed by atoms with E-state index in [4.69, 9.17) is 4.74 Å². The maximum atomic E-state index is 10.2. The second-order valence-electron chi connectivity index (χ2n) is 3.96. The highest BCUT2D eigenvalue weighted by atomic mass is 16.5. The highest BCUT2D eigenvalue weighted by Crippen LogP contribution is 2.25. The predicted octanol–water partition coefficient (Wildman–Crippen LogP) is 1.03. The van der Waals surface area contributed by atoms with Gasteiger partial charge in [0.05, 0.1) is 6.10 Å². The minimum atomic E-state index is -0.747. The summed E-state index contributed by atoms with van der Waals surface area (Å²) >= 11 is 0. The second-order valence-corrected chi connectivity index (χ2v) is 3.96. The number of pyridine rings is 1. The normalized spacial score (nSPS) is 30.4. The molecule has 0 aromatic carbocycles. The number of hydrogen-bond acceptors (Lipinski definition) is 4. The smallest absolute Gasteiger partial charge is 0.110 e. The lowest BCUT2D eigenvalue weighted by Crippen LogP contribution is -2.43. The van der Waals surface area contributed by atoms with Crippen LogP contribution >= 0.6 is 0 Å². The molecule has 0 saturated carbocycles. The number of aliphatic hydroxyl groups is 1. The fourth-order valence-corrected chi connectivity index (χ4v) is 1.73. The molecule has 1 saturated heterocycles. The molecule has 1 aliphatic rings. The van der Waals surface area contributed by atoms with Crippen LogP contribution in [0.25, 0.3) is 0 Å². The van der Waals surface area contributed by atoms with E-state index in [1.165, 1.54) is 0 Å². The van der Waals surface area contributed by atoms with E-state index in [0.29, 0.717) is 19.6 Å². The van der Waals surface area contributed by atoms with Crippen molar-refractivity contribution in [2.45, 2.75) is 25.0 Å². The Labute approximate surface area is 89.3 Å². The van der Waals surface area contributed by atoms with Crippen molar-refractivity contribution in [1.29, 1.82) is 0 Å². The molecule has 0 bridgehead atoms. The van der Waals surface area contributed by atoms with Gasteiger partial charge >= 0.3 is 0 Å². The van der Waals surface area contributed by atoms with Gasteiger partial charge in [-0.05, 0) is 19.1 Å². The van der Waals surface area contributed by atoms with E-state index in [0.717, 1.165) is 5.69 Å². The molecule has 4 heteroatoms. The number of rotatable bonds is 3. The van der Waals surface area contributed by atoms with Crippen LogP contribution in [0.2, 0.25) is 0 Å². The zero-order chi connectivity index (χ0) is 10.7. The molecule has 0 spiro atoms. The number of hydrogen-bond donors (Lipinski definition) is 2. The Bertz CT molecular complexity index is 318. The van der Waals surface area contributed by atoms with Crippen LogP contribution in [0.3, 0.4) is 0 Å². The van der Waals surface area contributed by atoms with Crippen molar-refractivity contribution in [3.05, 3.63) is 24.5 Å². The van der Waals surface area contributed by atoms with E-state index >= 15 is 0 Å². The zero-order valence-electron chi connectivity index (χ0n) is 8.81. The summed E-state index contributed by atoms with van der Waals surface area (Å²) in [5.41, 5.74) is 0.223. The molecule has 2 atom stereocenters. The Morgan fingerprint density at radius 2 is 2.33 bits per heavy atom. The Morgan fingerprint density at radius 1 is 1.60 bits per heavy atom. The molecular formula is C11H16N2O2. The molecule has 0 radical (unpaired) electrons. The minimum absolute atomic E-state index is 0.105. The Balaban J connectivity index is 1.93. The van der Waals surface area contributed by atoms with E-state index in [9.17, 15) is 5.11 Å². The van der Waals surface area contributed by atoms with Gasteiger partial charge in [0, 0.05) is 37.7 Å². The van der Waals surface area contributed by atoms with Gasteiger partial charge < -0.3 is 15.2 Å². The Hall–Kier alpha value is -1.13. The van der Waals surface area contributed by atoms with Crippen molar-refractivity contribution < 1.29 is 9.84 Å². The fourth-order valence-electron chi connectivity index (χ4n) is 1.73. The highest BCUT2D eigenvalue weighted by Gasteiger charge is 2.39. The lowest BCUT2D eigenvalue weighted by Gasteiger charge is -2.26. The van der Waals surface area contributed by atoms with Crippen molar-refractivity contribution in [3.8, 4) is 0 Å². The molecular weight excluding hydrogens is 192 g/mol. The summed E-state index contributed by atoms with van der Waals surface area (Å²) in [6.07, 6.45) is 4.03. The maximum Gasteiger partial charge on any atom is 0.110 e. The molecule has 2 heterocycles. The van der Waals surface area contributed by atoms with Crippen LogP contribution in [-0.4, -0.2) is 34.9 Å². The number of nitrogens with zero attached hydrogens (tertiary/aromatic N) is 1. The maximum absolute atomic E-state index is 10.2. The third kappa shape index (κ3) is 2.27. The van der Waals surface area contributed by atoms with E-state index in [1.54, 1.807) is 12.4 Å². The molecule has 4 nitrogen and oxygen atoms in total. The van der Waals surface area contributed by atoms with Gasteiger partial charge in [-0.2, -0.15) is 0 Å². The highest BCUT2D eigenvalue weighted by molar-refractivity contribution is 5.41. The standard InChI is InChI=1S/C11H16N2O2/c1-9-11(14,4-7-15-9)8-13-10-2-5-12-6-3-10/h2-3,5-6,9,14H,4,7-8H2,1H3,(H,12,13). The lowest BCUT2D eigenvalue weighted by atomic mass is 9.97. The van der Waals surface area contributed by atoms with Crippen molar-refractivity contribution in [2.75, 3.05) is 18.5 Å². The average molecular weight is 208 g/mol. The van der Waals surface area contributed by atoms with Gasteiger partial charge in [-0.15, -0.1) is 0 Å². The average Bonchev–Trinajstić information content (AvgIpc) is 2.59. The Kier molecular flexibility index (Phi) is 2.88. The number of anilines is 1. The molecule has 82 valence electrons. The van der Waals surface area contributed by atoms with Crippen LogP contribution in [0.5, 0.6) is 0 Å². The molecule has 0 aliphatic carbocycles. The first-order valence-electron chi connectivity index (χ1n) is 5.19. The molecule has 2 rings (SSSR count). The summed E-state index contributed by atoms with van der Waals surface area (Å²) in [5.74, 6) is 0. The number of ether oxygens (including phenoxy) is 1. The van der Waals surface area contributed by atoms with Gasteiger partial charge in [-0.3, -0.25) is 4.98 Å². The van der Waals surface area contributed by atoms with Gasteiger partial charge in [0.1, 0.15) is 5.60 Å². The van der Waals surface area contributed by atoms with Gasteiger partial charge in [0.2, 0.25) is 0 Å². The molecule has 1 aromatic heterocycles. The van der Waals surface area contributed by atoms with Gasteiger partial charge in [0.15, 0.2) is 0 Å². The van der Waals surface area contributed by atoms with Crippen LogP contribution in [0.1, 0.15) is 13.3 Å². The summed E-state index contributed by atoms with van der Waals surface area (Å²) < 4.78 is 5.35. The van der Waals surface area contributed by atoms with E-state index in [1.807, 2.05) is 19.1 Å². The van der Waals surface area contributed by atoms with Crippen LogP contribution in [0.15, 0.2) is 24.5 Å². The summed E-state index contributed by atoms with van der Waals surface area (Å²) in [6, 6.07) is 3.76.